The van der Waals surface area contributed by atoms with Crippen molar-refractivity contribution in [3.63, 3.8) is 0 Å². The molecule has 2 atom stereocenters. The second-order valence-corrected chi connectivity index (χ2v) is 5.74. The lowest BCUT2D eigenvalue weighted by molar-refractivity contribution is 0.113. The Kier molecular flexibility index (Phi) is 8.99. The van der Waals surface area contributed by atoms with Gasteiger partial charge in [0.2, 0.25) is 0 Å². The van der Waals surface area contributed by atoms with Crippen LogP contribution in [0.2, 0.25) is 0 Å². The monoisotopic (exact) mass is 269 g/mol. The van der Waals surface area contributed by atoms with Gasteiger partial charge >= 0.3 is 0 Å². The summed E-state index contributed by atoms with van der Waals surface area (Å²) in [6.45, 7) is 10.2. The summed E-state index contributed by atoms with van der Waals surface area (Å²) in [5.41, 5.74) is -0.375. The molecule has 4 nitrogen and oxygen atoms in total. The van der Waals surface area contributed by atoms with Crippen LogP contribution in [0.3, 0.4) is 0 Å². The van der Waals surface area contributed by atoms with Gasteiger partial charge in [0.15, 0.2) is 0 Å². The van der Waals surface area contributed by atoms with Crippen LogP contribution in [0.1, 0.15) is 47.0 Å². The fraction of sp³-hybridized carbons (Fsp3) is 0.933. The van der Waals surface area contributed by atoms with Gasteiger partial charge in [-0.25, -0.2) is 0 Å². The fourth-order valence-electron chi connectivity index (χ4n) is 2.29. The maximum absolute atomic E-state index is 9.44. The second-order valence-electron chi connectivity index (χ2n) is 5.74. The summed E-state index contributed by atoms with van der Waals surface area (Å²) in [6.07, 6.45) is 2.76. The lowest BCUT2D eigenvalue weighted by atomic mass is 9.91. The molecule has 0 amide bonds. The smallest absolute Gasteiger partial charge is 0.106 e. The molecule has 0 spiro atoms. The van der Waals surface area contributed by atoms with Crippen molar-refractivity contribution in [3.8, 4) is 6.07 Å². The summed E-state index contributed by atoms with van der Waals surface area (Å²) in [5, 5.41) is 12.9. The number of hydrogen-bond acceptors (Lipinski definition) is 4. The van der Waals surface area contributed by atoms with E-state index in [0.29, 0.717) is 12.1 Å². The zero-order valence-corrected chi connectivity index (χ0v) is 13.5. The van der Waals surface area contributed by atoms with E-state index in [0.717, 1.165) is 32.4 Å². The van der Waals surface area contributed by atoms with Crippen LogP contribution < -0.4 is 5.32 Å². The molecule has 0 aromatic heterocycles. The lowest BCUT2D eigenvalue weighted by Crippen LogP contribution is -2.47. The fourth-order valence-corrected chi connectivity index (χ4v) is 2.29. The summed E-state index contributed by atoms with van der Waals surface area (Å²) in [5.74, 6) is 0. The number of rotatable bonds is 10. The van der Waals surface area contributed by atoms with Crippen molar-refractivity contribution >= 4 is 0 Å². The standard InChI is InChI=1S/C15H31N3O/c1-7-15(12-16,17-13(2)3)9-8-10-18(5)14(4)11-19-6/h13-14,17H,7-11H2,1-6H3. The Labute approximate surface area is 119 Å². The Bertz CT molecular complexity index is 275. The molecule has 0 rings (SSSR count). The average Bonchev–Trinajstić information content (AvgIpc) is 2.37. The summed E-state index contributed by atoms with van der Waals surface area (Å²) >= 11 is 0. The van der Waals surface area contributed by atoms with Crippen LogP contribution in [0, 0.1) is 11.3 Å². The van der Waals surface area contributed by atoms with Crippen molar-refractivity contribution in [2.45, 2.75) is 64.6 Å². The first-order chi connectivity index (χ1) is 8.90. The molecule has 0 aromatic carbocycles. The number of ether oxygens (including phenoxy) is 1. The van der Waals surface area contributed by atoms with E-state index in [-0.39, 0.29) is 5.54 Å². The predicted molar refractivity (Wildman–Crippen MR) is 80.1 cm³/mol. The van der Waals surface area contributed by atoms with Gasteiger partial charge in [-0.1, -0.05) is 6.92 Å². The summed E-state index contributed by atoms with van der Waals surface area (Å²) in [4.78, 5) is 2.29. The van der Waals surface area contributed by atoms with Gasteiger partial charge in [0.05, 0.1) is 12.7 Å². The molecule has 0 fully saturated rings. The van der Waals surface area contributed by atoms with Gasteiger partial charge in [-0.3, -0.25) is 5.32 Å². The van der Waals surface area contributed by atoms with E-state index in [2.05, 4.69) is 51.0 Å². The third kappa shape index (κ3) is 6.91. The minimum absolute atomic E-state index is 0.338. The molecule has 0 aliphatic heterocycles. The molecule has 0 saturated carbocycles. The number of likely N-dealkylation sites (N-methyl/N-ethyl adjacent to an activating group) is 1. The molecule has 19 heavy (non-hydrogen) atoms. The van der Waals surface area contributed by atoms with Crippen LogP contribution >= 0.6 is 0 Å². The summed E-state index contributed by atoms with van der Waals surface area (Å²) in [7, 11) is 3.84. The molecule has 0 radical (unpaired) electrons. The maximum atomic E-state index is 9.44. The van der Waals surface area contributed by atoms with Crippen molar-refractivity contribution in [2.75, 3.05) is 27.3 Å². The van der Waals surface area contributed by atoms with Gasteiger partial charge in [-0.2, -0.15) is 5.26 Å². The number of methoxy groups -OCH3 is 1. The van der Waals surface area contributed by atoms with Crippen LogP contribution in [0.4, 0.5) is 0 Å². The van der Waals surface area contributed by atoms with Crippen LogP contribution in [0.15, 0.2) is 0 Å². The largest absolute Gasteiger partial charge is 0.383 e. The Hall–Kier alpha value is -0.630. The molecule has 0 aliphatic rings. The first kappa shape index (κ1) is 18.4. The van der Waals surface area contributed by atoms with Crippen molar-refractivity contribution in [3.05, 3.63) is 0 Å². The predicted octanol–water partition coefficient (Wildman–Crippen LogP) is 2.40. The average molecular weight is 269 g/mol. The lowest BCUT2D eigenvalue weighted by Gasteiger charge is -2.30. The molecular weight excluding hydrogens is 238 g/mol. The number of nitriles is 1. The van der Waals surface area contributed by atoms with E-state index >= 15 is 0 Å². The van der Waals surface area contributed by atoms with Crippen LogP contribution in [0.25, 0.3) is 0 Å². The highest BCUT2D eigenvalue weighted by Gasteiger charge is 2.28. The third-order valence-corrected chi connectivity index (χ3v) is 3.66. The first-order valence-electron chi connectivity index (χ1n) is 7.29. The molecule has 0 aromatic rings. The van der Waals surface area contributed by atoms with E-state index in [1.165, 1.54) is 0 Å². The Morgan fingerprint density at radius 2 is 2.00 bits per heavy atom. The topological polar surface area (TPSA) is 48.3 Å². The van der Waals surface area contributed by atoms with E-state index in [1.54, 1.807) is 7.11 Å². The molecule has 112 valence electrons. The summed E-state index contributed by atoms with van der Waals surface area (Å²) in [6, 6.07) is 3.23. The van der Waals surface area contributed by atoms with Crippen LogP contribution in [-0.4, -0.2) is 49.8 Å². The van der Waals surface area contributed by atoms with Gasteiger partial charge in [-0.15, -0.1) is 0 Å². The second kappa shape index (κ2) is 9.30. The minimum Gasteiger partial charge on any atom is -0.383 e. The molecule has 0 bridgehead atoms. The normalized spacial score (nSPS) is 16.4. The van der Waals surface area contributed by atoms with E-state index in [4.69, 9.17) is 4.74 Å². The number of hydrogen-bond donors (Lipinski definition) is 1. The maximum Gasteiger partial charge on any atom is 0.106 e. The van der Waals surface area contributed by atoms with Gasteiger partial charge in [0.1, 0.15) is 5.54 Å². The number of nitrogens with zero attached hydrogens (tertiary/aromatic N) is 2. The Morgan fingerprint density at radius 3 is 2.42 bits per heavy atom. The van der Waals surface area contributed by atoms with Crippen molar-refractivity contribution in [1.82, 2.24) is 10.2 Å². The van der Waals surface area contributed by atoms with Crippen molar-refractivity contribution in [2.24, 2.45) is 0 Å². The third-order valence-electron chi connectivity index (χ3n) is 3.66. The zero-order chi connectivity index (χ0) is 14.9. The SMILES string of the molecule is CCC(C#N)(CCCN(C)C(C)COC)NC(C)C. The molecule has 0 saturated heterocycles. The highest BCUT2D eigenvalue weighted by molar-refractivity contribution is 5.06. The highest BCUT2D eigenvalue weighted by Crippen LogP contribution is 2.18. The van der Waals surface area contributed by atoms with Crippen molar-refractivity contribution in [1.29, 1.82) is 5.26 Å². The van der Waals surface area contributed by atoms with Crippen LogP contribution in [0.5, 0.6) is 0 Å². The molecule has 2 unspecified atom stereocenters. The van der Waals surface area contributed by atoms with E-state index in [1.807, 2.05) is 0 Å². The van der Waals surface area contributed by atoms with E-state index in [9.17, 15) is 5.26 Å². The van der Waals surface area contributed by atoms with Gasteiger partial charge < -0.3 is 9.64 Å². The summed E-state index contributed by atoms with van der Waals surface area (Å²) < 4.78 is 5.16. The minimum atomic E-state index is -0.375. The molecule has 0 heterocycles. The first-order valence-corrected chi connectivity index (χ1v) is 7.29. The van der Waals surface area contributed by atoms with Crippen molar-refractivity contribution < 1.29 is 4.74 Å². The van der Waals surface area contributed by atoms with E-state index < -0.39 is 0 Å². The Morgan fingerprint density at radius 1 is 1.37 bits per heavy atom. The quantitative estimate of drug-likeness (QED) is 0.661. The van der Waals surface area contributed by atoms with Gasteiger partial charge in [0.25, 0.3) is 0 Å². The highest BCUT2D eigenvalue weighted by atomic mass is 16.5. The molecule has 4 heteroatoms. The molecule has 1 N–H and O–H groups in total. The molecular formula is C15H31N3O. The van der Waals surface area contributed by atoms with Crippen LogP contribution in [-0.2, 0) is 4.74 Å². The Balaban J connectivity index is 4.24. The zero-order valence-electron chi connectivity index (χ0n) is 13.5. The van der Waals surface area contributed by atoms with Gasteiger partial charge in [-0.05, 0) is 53.6 Å². The van der Waals surface area contributed by atoms with Gasteiger partial charge in [0, 0.05) is 19.2 Å². The number of nitrogens with one attached hydrogen (secondary N) is 1. The molecule has 0 aliphatic carbocycles.